The van der Waals surface area contributed by atoms with Gasteiger partial charge in [0.05, 0.1) is 23.4 Å². The molecule has 0 atom stereocenters. The van der Waals surface area contributed by atoms with E-state index in [9.17, 15) is 21.6 Å². The molecule has 0 bridgehead atoms. The van der Waals surface area contributed by atoms with Crippen LogP contribution in [0.15, 0.2) is 66.1 Å². The van der Waals surface area contributed by atoms with Gasteiger partial charge in [-0.2, -0.15) is 4.31 Å². The maximum absolute atomic E-state index is 12.9. The highest BCUT2D eigenvalue weighted by Gasteiger charge is 2.30. The molecule has 10 heteroatoms. The van der Waals surface area contributed by atoms with Gasteiger partial charge in [0.25, 0.3) is 5.91 Å². The van der Waals surface area contributed by atoms with Crippen molar-refractivity contribution < 1.29 is 21.6 Å². The molecule has 1 saturated heterocycles. The topological polar surface area (TPSA) is 95.1 Å². The van der Waals surface area contributed by atoms with Gasteiger partial charge in [-0.3, -0.25) is 9.10 Å². The monoisotopic (exact) mass is 477 g/mol. The smallest absolute Gasteiger partial charge is 0.253 e. The van der Waals surface area contributed by atoms with Crippen LogP contribution in [-0.4, -0.2) is 70.9 Å². The molecule has 8 nitrogen and oxygen atoms in total. The van der Waals surface area contributed by atoms with E-state index in [4.69, 9.17) is 0 Å². The summed E-state index contributed by atoms with van der Waals surface area (Å²) in [6.07, 6.45) is 2.60. The van der Waals surface area contributed by atoms with E-state index in [-0.39, 0.29) is 43.5 Å². The molecule has 2 aromatic carbocycles. The minimum Gasteiger partial charge on any atom is -0.336 e. The van der Waals surface area contributed by atoms with Crippen LogP contribution in [0.5, 0.6) is 0 Å². The van der Waals surface area contributed by atoms with Gasteiger partial charge in [-0.25, -0.2) is 16.8 Å². The number of carbonyl (C=O) groups is 1. The van der Waals surface area contributed by atoms with Gasteiger partial charge in [-0.05, 0) is 43.3 Å². The van der Waals surface area contributed by atoms with Crippen molar-refractivity contribution in [3.05, 3.63) is 72.3 Å². The zero-order valence-corrected chi connectivity index (χ0v) is 19.8. The Balaban J connectivity index is 1.67. The van der Waals surface area contributed by atoms with Gasteiger partial charge >= 0.3 is 0 Å². The maximum Gasteiger partial charge on any atom is 0.253 e. The summed E-state index contributed by atoms with van der Waals surface area (Å²) in [5, 5.41) is 0. The average molecular weight is 478 g/mol. The summed E-state index contributed by atoms with van der Waals surface area (Å²) in [5.74, 6) is -0.224. The molecule has 0 saturated carbocycles. The fourth-order valence-electron chi connectivity index (χ4n) is 3.49. The molecule has 172 valence electrons. The zero-order chi connectivity index (χ0) is 23.5. The van der Waals surface area contributed by atoms with Crippen molar-refractivity contribution in [1.82, 2.24) is 9.21 Å². The predicted octanol–water partition coefficient (Wildman–Crippen LogP) is 2.09. The lowest BCUT2D eigenvalue weighted by atomic mass is 10.1. The number of sulfonamides is 2. The third kappa shape index (κ3) is 5.20. The Kier molecular flexibility index (Phi) is 7.06. The molecule has 1 fully saturated rings. The number of aryl methyl sites for hydroxylation is 1. The summed E-state index contributed by atoms with van der Waals surface area (Å²) in [6.45, 7) is 6.57. The molecule has 0 aromatic heterocycles. The third-order valence-corrected chi connectivity index (χ3v) is 8.36. The molecular weight excluding hydrogens is 450 g/mol. The van der Waals surface area contributed by atoms with Crippen LogP contribution in [-0.2, 0) is 20.0 Å². The number of rotatable bonds is 7. The predicted molar refractivity (Wildman–Crippen MR) is 125 cm³/mol. The van der Waals surface area contributed by atoms with Crippen molar-refractivity contribution in [1.29, 1.82) is 0 Å². The van der Waals surface area contributed by atoms with E-state index in [0.29, 0.717) is 11.3 Å². The molecule has 1 amide bonds. The van der Waals surface area contributed by atoms with Crippen LogP contribution in [0.2, 0.25) is 0 Å². The van der Waals surface area contributed by atoms with E-state index < -0.39 is 20.0 Å². The fourth-order valence-corrected chi connectivity index (χ4v) is 5.80. The maximum atomic E-state index is 12.9. The van der Waals surface area contributed by atoms with Crippen LogP contribution in [0.3, 0.4) is 0 Å². The van der Waals surface area contributed by atoms with E-state index in [1.165, 1.54) is 14.7 Å². The van der Waals surface area contributed by atoms with Crippen LogP contribution in [0, 0.1) is 6.92 Å². The van der Waals surface area contributed by atoms with Crippen molar-refractivity contribution in [3.8, 4) is 0 Å². The number of benzene rings is 2. The summed E-state index contributed by atoms with van der Waals surface area (Å²) in [7, 11) is -7.08. The fraction of sp³-hybridized carbons (Fsp3) is 0.318. The Bertz CT molecular complexity index is 1180. The van der Waals surface area contributed by atoms with Crippen LogP contribution in [0.4, 0.5) is 5.69 Å². The zero-order valence-electron chi connectivity index (χ0n) is 18.1. The van der Waals surface area contributed by atoms with Crippen molar-refractivity contribution in [2.24, 2.45) is 0 Å². The molecule has 32 heavy (non-hydrogen) atoms. The first-order valence-corrected chi connectivity index (χ1v) is 13.4. The Morgan fingerprint density at radius 1 is 0.969 bits per heavy atom. The number of amides is 1. The van der Waals surface area contributed by atoms with Gasteiger partial charge in [0.15, 0.2) is 0 Å². The molecule has 3 rings (SSSR count). The summed E-state index contributed by atoms with van der Waals surface area (Å²) < 4.78 is 52.2. The molecule has 1 aliphatic heterocycles. The van der Waals surface area contributed by atoms with Crippen LogP contribution >= 0.6 is 0 Å². The van der Waals surface area contributed by atoms with Crippen molar-refractivity contribution in [2.45, 2.75) is 11.8 Å². The number of hydrogen-bond donors (Lipinski definition) is 0. The van der Waals surface area contributed by atoms with Crippen LogP contribution in [0.1, 0.15) is 15.9 Å². The SMILES string of the molecule is C=CCN(c1ccc(C(=O)N2CCN(S(=O)(=O)c3ccc(C)cc3)CC2)cc1)S(C)(=O)=O. The van der Waals surface area contributed by atoms with E-state index in [0.717, 1.165) is 11.8 Å². The lowest BCUT2D eigenvalue weighted by molar-refractivity contribution is 0.0698. The van der Waals surface area contributed by atoms with Crippen molar-refractivity contribution in [3.63, 3.8) is 0 Å². The Labute approximate surface area is 189 Å². The van der Waals surface area contributed by atoms with Gasteiger partial charge < -0.3 is 4.90 Å². The van der Waals surface area contributed by atoms with E-state index in [1.807, 2.05) is 6.92 Å². The molecule has 0 spiro atoms. The summed E-state index contributed by atoms with van der Waals surface area (Å²) in [5.41, 5.74) is 1.84. The van der Waals surface area contributed by atoms with Gasteiger partial charge in [-0.1, -0.05) is 23.8 Å². The van der Waals surface area contributed by atoms with Crippen molar-refractivity contribution >= 4 is 31.6 Å². The molecule has 0 radical (unpaired) electrons. The lowest BCUT2D eigenvalue weighted by Gasteiger charge is -2.34. The Morgan fingerprint density at radius 2 is 1.53 bits per heavy atom. The second-order valence-corrected chi connectivity index (χ2v) is 11.5. The molecule has 1 heterocycles. The highest BCUT2D eigenvalue weighted by Crippen LogP contribution is 2.21. The summed E-state index contributed by atoms with van der Waals surface area (Å²) in [6, 6.07) is 13.0. The molecule has 0 aliphatic carbocycles. The lowest BCUT2D eigenvalue weighted by Crippen LogP contribution is -2.50. The second kappa shape index (κ2) is 9.43. The van der Waals surface area contributed by atoms with E-state index in [1.54, 1.807) is 53.4 Å². The number of piperazine rings is 1. The molecule has 0 unspecified atom stereocenters. The number of nitrogens with zero attached hydrogens (tertiary/aromatic N) is 3. The van der Waals surface area contributed by atoms with Crippen LogP contribution < -0.4 is 4.31 Å². The molecule has 1 aliphatic rings. The third-order valence-electron chi connectivity index (χ3n) is 5.28. The Hall–Kier alpha value is -2.69. The van der Waals surface area contributed by atoms with E-state index in [2.05, 4.69) is 6.58 Å². The standard InChI is InChI=1S/C22H27N3O5S2/c1-4-13-25(31(3,27)28)20-9-7-19(8-10-20)22(26)23-14-16-24(17-15-23)32(29,30)21-11-5-18(2)6-12-21/h4-12H,1,13-17H2,2-3H3. The molecular formula is C22H27N3O5S2. The number of hydrogen-bond acceptors (Lipinski definition) is 5. The highest BCUT2D eigenvalue weighted by atomic mass is 32.2. The van der Waals surface area contributed by atoms with Crippen LogP contribution in [0.25, 0.3) is 0 Å². The van der Waals surface area contributed by atoms with Crippen molar-refractivity contribution in [2.75, 3.05) is 43.3 Å². The molecule has 2 aromatic rings. The second-order valence-electron chi connectivity index (χ2n) is 7.64. The van der Waals surface area contributed by atoms with Gasteiger partial charge in [0.2, 0.25) is 20.0 Å². The number of anilines is 1. The largest absolute Gasteiger partial charge is 0.336 e. The Morgan fingerprint density at radius 3 is 2.03 bits per heavy atom. The van der Waals surface area contributed by atoms with E-state index >= 15 is 0 Å². The quantitative estimate of drug-likeness (QED) is 0.569. The van der Waals surface area contributed by atoms with Gasteiger partial charge in [-0.15, -0.1) is 6.58 Å². The number of carbonyl (C=O) groups excluding carboxylic acids is 1. The summed E-state index contributed by atoms with van der Waals surface area (Å²) >= 11 is 0. The summed E-state index contributed by atoms with van der Waals surface area (Å²) in [4.78, 5) is 14.7. The minimum absolute atomic E-state index is 0.129. The minimum atomic E-state index is -3.60. The molecule has 0 N–H and O–H groups in total. The highest BCUT2D eigenvalue weighted by molar-refractivity contribution is 7.92. The van der Waals surface area contributed by atoms with Gasteiger partial charge in [0, 0.05) is 31.7 Å². The average Bonchev–Trinajstić information content (AvgIpc) is 2.77. The normalized spacial score (nSPS) is 15.4. The first kappa shape index (κ1) is 24.0. The van der Waals surface area contributed by atoms with Gasteiger partial charge in [0.1, 0.15) is 0 Å². The first-order chi connectivity index (χ1) is 15.0. The first-order valence-electron chi connectivity index (χ1n) is 10.1.